The summed E-state index contributed by atoms with van der Waals surface area (Å²) in [4.78, 5) is 13.9. The molecule has 0 spiro atoms. The van der Waals surface area contributed by atoms with Crippen LogP contribution < -0.4 is 10.6 Å². The predicted octanol–water partition coefficient (Wildman–Crippen LogP) is 0.559. The monoisotopic (exact) mass is 241 g/mol. The number of urea groups is 1. The van der Waals surface area contributed by atoms with Crippen molar-refractivity contribution in [3.63, 3.8) is 0 Å². The van der Waals surface area contributed by atoms with Gasteiger partial charge in [0.2, 0.25) is 0 Å². The van der Waals surface area contributed by atoms with Gasteiger partial charge >= 0.3 is 6.03 Å². The van der Waals surface area contributed by atoms with Crippen LogP contribution in [0.3, 0.4) is 0 Å². The minimum Gasteiger partial charge on any atom is -0.383 e. The molecule has 0 radical (unpaired) electrons. The largest absolute Gasteiger partial charge is 0.383 e. The molecule has 1 aliphatic heterocycles. The first-order chi connectivity index (χ1) is 8.29. The molecule has 1 unspecified atom stereocenters. The molecule has 2 N–H and O–H groups in total. The van der Waals surface area contributed by atoms with Crippen molar-refractivity contribution in [1.82, 2.24) is 15.5 Å². The Kier molecular flexibility index (Phi) is 4.62. The Balaban J connectivity index is 1.64. The highest BCUT2D eigenvalue weighted by atomic mass is 16.5. The Morgan fingerprint density at radius 1 is 1.41 bits per heavy atom. The molecule has 2 amide bonds. The van der Waals surface area contributed by atoms with Gasteiger partial charge in [0.05, 0.1) is 6.61 Å². The van der Waals surface area contributed by atoms with E-state index in [1.54, 1.807) is 7.11 Å². The normalized spacial score (nSPS) is 24.9. The van der Waals surface area contributed by atoms with Gasteiger partial charge in [0.25, 0.3) is 0 Å². The fraction of sp³-hybridized carbons (Fsp3) is 0.917. The van der Waals surface area contributed by atoms with Gasteiger partial charge in [0, 0.05) is 32.3 Å². The summed E-state index contributed by atoms with van der Waals surface area (Å²) in [6, 6.07) is 0.907. The molecule has 1 atom stereocenters. The summed E-state index contributed by atoms with van der Waals surface area (Å²) in [5, 5.41) is 5.91. The highest BCUT2D eigenvalue weighted by Gasteiger charge is 2.26. The van der Waals surface area contributed by atoms with E-state index >= 15 is 0 Å². The van der Waals surface area contributed by atoms with Crippen molar-refractivity contribution in [2.24, 2.45) is 0 Å². The Labute approximate surface area is 103 Å². The van der Waals surface area contributed by atoms with E-state index in [9.17, 15) is 4.79 Å². The number of likely N-dealkylation sites (tertiary alicyclic amines) is 1. The van der Waals surface area contributed by atoms with E-state index in [-0.39, 0.29) is 6.03 Å². The van der Waals surface area contributed by atoms with Crippen LogP contribution in [0, 0.1) is 0 Å². The van der Waals surface area contributed by atoms with Crippen LogP contribution in [-0.2, 0) is 4.74 Å². The summed E-state index contributed by atoms with van der Waals surface area (Å²) < 4.78 is 5.10. The van der Waals surface area contributed by atoms with Gasteiger partial charge in [-0.15, -0.1) is 0 Å². The van der Waals surface area contributed by atoms with Crippen molar-refractivity contribution in [2.45, 2.75) is 37.8 Å². The average molecular weight is 241 g/mol. The van der Waals surface area contributed by atoms with Gasteiger partial charge in [0.1, 0.15) is 0 Å². The maximum atomic E-state index is 11.5. The number of hydrogen-bond donors (Lipinski definition) is 2. The summed E-state index contributed by atoms with van der Waals surface area (Å²) in [5.74, 6) is 0. The lowest BCUT2D eigenvalue weighted by atomic mass is 10.2. The molecular weight excluding hydrogens is 218 g/mol. The van der Waals surface area contributed by atoms with E-state index in [2.05, 4.69) is 15.5 Å². The zero-order chi connectivity index (χ0) is 12.1. The number of nitrogens with one attached hydrogen (secondary N) is 2. The lowest BCUT2D eigenvalue weighted by molar-refractivity contribution is 0.140. The summed E-state index contributed by atoms with van der Waals surface area (Å²) >= 11 is 0. The van der Waals surface area contributed by atoms with E-state index in [1.165, 1.54) is 12.8 Å². The second kappa shape index (κ2) is 6.21. The van der Waals surface area contributed by atoms with Gasteiger partial charge in [-0.25, -0.2) is 4.79 Å². The molecule has 17 heavy (non-hydrogen) atoms. The lowest BCUT2D eigenvalue weighted by Gasteiger charge is -2.24. The first-order valence-corrected chi connectivity index (χ1v) is 6.57. The number of methoxy groups -OCH3 is 1. The predicted molar refractivity (Wildman–Crippen MR) is 66.0 cm³/mol. The molecular formula is C12H23N3O2. The van der Waals surface area contributed by atoms with Crippen LogP contribution in [0.5, 0.6) is 0 Å². The first-order valence-electron chi connectivity index (χ1n) is 6.57. The molecule has 0 aromatic carbocycles. The smallest absolute Gasteiger partial charge is 0.315 e. The van der Waals surface area contributed by atoms with Crippen LogP contribution in [0.25, 0.3) is 0 Å². The maximum absolute atomic E-state index is 11.5. The molecule has 1 aliphatic carbocycles. The SMILES string of the molecule is COCCN1CCCC1CNC(=O)NC1CC1. The molecule has 5 nitrogen and oxygen atoms in total. The van der Waals surface area contributed by atoms with Crippen LogP contribution in [0.4, 0.5) is 4.79 Å². The number of nitrogens with zero attached hydrogens (tertiary/aromatic N) is 1. The Morgan fingerprint density at radius 3 is 2.94 bits per heavy atom. The van der Waals surface area contributed by atoms with Crippen LogP contribution in [-0.4, -0.2) is 56.4 Å². The van der Waals surface area contributed by atoms with Crippen molar-refractivity contribution in [3.8, 4) is 0 Å². The topological polar surface area (TPSA) is 53.6 Å². The number of ether oxygens (including phenoxy) is 1. The average Bonchev–Trinajstić information content (AvgIpc) is 3.01. The van der Waals surface area contributed by atoms with Crippen molar-refractivity contribution >= 4 is 6.03 Å². The third-order valence-electron chi connectivity index (χ3n) is 3.49. The molecule has 0 aromatic heterocycles. The molecule has 2 rings (SSSR count). The summed E-state index contributed by atoms with van der Waals surface area (Å²) in [6.07, 6.45) is 4.67. The second-order valence-corrected chi connectivity index (χ2v) is 4.95. The molecule has 98 valence electrons. The van der Waals surface area contributed by atoms with Gasteiger partial charge in [-0.1, -0.05) is 0 Å². The Hall–Kier alpha value is -0.810. The standard InChI is InChI=1S/C12H23N3O2/c1-17-8-7-15-6-2-3-11(15)9-13-12(16)14-10-4-5-10/h10-11H,2-9H2,1H3,(H2,13,14,16). The van der Waals surface area contributed by atoms with E-state index in [0.29, 0.717) is 12.1 Å². The van der Waals surface area contributed by atoms with Crippen LogP contribution in [0.2, 0.25) is 0 Å². The second-order valence-electron chi connectivity index (χ2n) is 4.95. The fourth-order valence-electron chi connectivity index (χ4n) is 2.30. The molecule has 1 saturated carbocycles. The minimum absolute atomic E-state index is 0.00825. The van der Waals surface area contributed by atoms with Crippen molar-refractivity contribution in [1.29, 1.82) is 0 Å². The maximum Gasteiger partial charge on any atom is 0.315 e. The molecule has 1 heterocycles. The highest BCUT2D eigenvalue weighted by Crippen LogP contribution is 2.18. The number of hydrogen-bond acceptors (Lipinski definition) is 3. The number of carbonyl (C=O) groups is 1. The summed E-state index contributed by atoms with van der Waals surface area (Å²) in [7, 11) is 1.73. The van der Waals surface area contributed by atoms with Gasteiger partial charge in [-0.2, -0.15) is 0 Å². The van der Waals surface area contributed by atoms with Crippen LogP contribution >= 0.6 is 0 Å². The van der Waals surface area contributed by atoms with Gasteiger partial charge in [-0.3, -0.25) is 4.90 Å². The minimum atomic E-state index is -0.00825. The number of carbonyl (C=O) groups excluding carboxylic acids is 1. The highest BCUT2D eigenvalue weighted by molar-refractivity contribution is 5.74. The zero-order valence-electron chi connectivity index (χ0n) is 10.6. The van der Waals surface area contributed by atoms with Gasteiger partial charge in [-0.05, 0) is 32.2 Å². The zero-order valence-corrected chi connectivity index (χ0v) is 10.6. The quantitative estimate of drug-likeness (QED) is 0.714. The van der Waals surface area contributed by atoms with E-state index in [0.717, 1.165) is 39.1 Å². The summed E-state index contributed by atoms with van der Waals surface area (Å²) in [6.45, 7) is 3.61. The molecule has 1 saturated heterocycles. The Morgan fingerprint density at radius 2 is 2.24 bits per heavy atom. The number of amides is 2. The van der Waals surface area contributed by atoms with Gasteiger partial charge < -0.3 is 15.4 Å². The van der Waals surface area contributed by atoms with E-state index < -0.39 is 0 Å². The summed E-state index contributed by atoms with van der Waals surface area (Å²) in [5.41, 5.74) is 0. The van der Waals surface area contributed by atoms with Crippen LogP contribution in [0.15, 0.2) is 0 Å². The third-order valence-corrected chi connectivity index (χ3v) is 3.49. The van der Waals surface area contributed by atoms with Crippen molar-refractivity contribution < 1.29 is 9.53 Å². The van der Waals surface area contributed by atoms with Crippen LogP contribution in [0.1, 0.15) is 25.7 Å². The molecule has 5 heteroatoms. The fourth-order valence-corrected chi connectivity index (χ4v) is 2.30. The van der Waals surface area contributed by atoms with E-state index in [1.807, 2.05) is 0 Å². The lowest BCUT2D eigenvalue weighted by Crippen LogP contribution is -2.45. The van der Waals surface area contributed by atoms with E-state index in [4.69, 9.17) is 4.74 Å². The Bertz CT molecular complexity index is 256. The molecule has 2 fully saturated rings. The van der Waals surface area contributed by atoms with Gasteiger partial charge in [0.15, 0.2) is 0 Å². The van der Waals surface area contributed by atoms with Crippen molar-refractivity contribution in [2.75, 3.05) is 33.4 Å². The molecule has 0 bridgehead atoms. The molecule has 0 aromatic rings. The third kappa shape index (κ3) is 4.16. The number of rotatable bonds is 6. The molecule has 2 aliphatic rings. The first kappa shape index (κ1) is 12.6. The van der Waals surface area contributed by atoms with Crippen molar-refractivity contribution in [3.05, 3.63) is 0 Å².